The molecule has 3 heteroatoms. The molecule has 0 rings (SSSR count). The van der Waals surface area contributed by atoms with E-state index >= 15 is 0 Å². The number of hydrogen-bond donors (Lipinski definition) is 0. The number of allylic oxidation sites excluding steroid dienone is 1. The molecule has 0 saturated heterocycles. The molecule has 0 N–H and O–H groups in total. The maximum Gasteiger partial charge on any atom is 0.349 e. The van der Waals surface area contributed by atoms with E-state index in [-0.39, 0.29) is 18.1 Å². The van der Waals surface area contributed by atoms with Crippen LogP contribution in [-0.2, 0) is 9.63 Å². The average Bonchev–Trinajstić information content (AvgIpc) is 1.99. The minimum atomic E-state index is -0.315. The van der Waals surface area contributed by atoms with E-state index in [4.69, 9.17) is 4.84 Å². The predicted molar refractivity (Wildman–Crippen MR) is 53.0 cm³/mol. The van der Waals surface area contributed by atoms with Crippen molar-refractivity contribution < 1.29 is 9.63 Å². The summed E-state index contributed by atoms with van der Waals surface area (Å²) in [6.07, 6.45) is 3.08. The predicted octanol–water partition coefficient (Wildman–Crippen LogP) is 2.14. The Morgan fingerprint density at radius 2 is 1.69 bits per heavy atom. The van der Waals surface area contributed by atoms with Crippen molar-refractivity contribution in [3.63, 3.8) is 0 Å². The number of carbonyl (C=O) groups is 1. The highest BCUT2D eigenvalue weighted by Crippen LogP contribution is 2.05. The smallest absolute Gasteiger partial charge is 0.349 e. The summed E-state index contributed by atoms with van der Waals surface area (Å²) in [4.78, 5) is 16.2. The summed E-state index contributed by atoms with van der Waals surface area (Å²) in [5, 5.41) is 1.68. The molecular weight excluding hydrogens is 166 g/mol. The molecule has 0 saturated carbocycles. The van der Waals surface area contributed by atoms with Gasteiger partial charge in [0.15, 0.2) is 0 Å². The fourth-order valence-corrected chi connectivity index (χ4v) is 1.08. The first-order valence-corrected chi connectivity index (χ1v) is 4.62. The van der Waals surface area contributed by atoms with Crippen LogP contribution in [0, 0.1) is 0 Å². The minimum Gasteiger partial charge on any atom is -0.364 e. The fourth-order valence-electron chi connectivity index (χ4n) is 1.08. The second-order valence-corrected chi connectivity index (χ2v) is 3.46. The van der Waals surface area contributed by atoms with E-state index in [1.165, 1.54) is 6.08 Å². The molecule has 0 aromatic carbocycles. The van der Waals surface area contributed by atoms with Gasteiger partial charge in [-0.15, -0.1) is 5.06 Å². The van der Waals surface area contributed by atoms with Gasteiger partial charge in [0.05, 0.1) is 0 Å². The van der Waals surface area contributed by atoms with E-state index in [1.54, 1.807) is 18.1 Å². The minimum absolute atomic E-state index is 0.203. The van der Waals surface area contributed by atoms with Crippen molar-refractivity contribution >= 4 is 5.97 Å². The quantitative estimate of drug-likeness (QED) is 0.496. The van der Waals surface area contributed by atoms with Gasteiger partial charge < -0.3 is 4.84 Å². The second kappa shape index (κ2) is 5.75. The first-order chi connectivity index (χ1) is 5.99. The van der Waals surface area contributed by atoms with Crippen LogP contribution in [0.1, 0.15) is 34.6 Å². The van der Waals surface area contributed by atoms with E-state index in [0.29, 0.717) is 0 Å². The Balaban J connectivity index is 4.18. The zero-order chi connectivity index (χ0) is 10.4. The van der Waals surface area contributed by atoms with Crippen molar-refractivity contribution in [1.82, 2.24) is 5.06 Å². The van der Waals surface area contributed by atoms with Gasteiger partial charge in [0, 0.05) is 18.2 Å². The van der Waals surface area contributed by atoms with Crippen molar-refractivity contribution in [2.45, 2.75) is 46.7 Å². The normalized spacial score (nSPS) is 12.0. The van der Waals surface area contributed by atoms with E-state index in [1.807, 2.05) is 27.7 Å². The van der Waals surface area contributed by atoms with Gasteiger partial charge >= 0.3 is 5.97 Å². The number of hydrogen-bond acceptors (Lipinski definition) is 3. The molecule has 0 atom stereocenters. The molecule has 0 heterocycles. The molecule has 0 fully saturated rings. The number of rotatable bonds is 4. The van der Waals surface area contributed by atoms with Gasteiger partial charge in [-0.25, -0.2) is 4.79 Å². The topological polar surface area (TPSA) is 29.5 Å². The molecule has 0 spiro atoms. The number of hydroxylamine groups is 2. The van der Waals surface area contributed by atoms with Gasteiger partial charge in [-0.3, -0.25) is 0 Å². The monoisotopic (exact) mass is 185 g/mol. The lowest BCUT2D eigenvalue weighted by Crippen LogP contribution is -2.38. The molecule has 13 heavy (non-hydrogen) atoms. The highest BCUT2D eigenvalue weighted by Gasteiger charge is 2.16. The molecule has 0 radical (unpaired) electrons. The molecule has 0 aliphatic carbocycles. The molecule has 0 aliphatic heterocycles. The lowest BCUT2D eigenvalue weighted by molar-refractivity contribution is -0.203. The Morgan fingerprint density at radius 1 is 1.23 bits per heavy atom. The Kier molecular flexibility index (Phi) is 5.39. The SMILES string of the molecule is C/C=C/C(=O)ON(C(C)C)C(C)C. The molecule has 0 unspecified atom stereocenters. The van der Waals surface area contributed by atoms with Crippen LogP contribution >= 0.6 is 0 Å². The lowest BCUT2D eigenvalue weighted by Gasteiger charge is -2.27. The third kappa shape index (κ3) is 4.68. The first kappa shape index (κ1) is 12.2. The highest BCUT2D eigenvalue weighted by atomic mass is 16.7. The van der Waals surface area contributed by atoms with Crippen molar-refractivity contribution in [1.29, 1.82) is 0 Å². The van der Waals surface area contributed by atoms with E-state index in [9.17, 15) is 4.79 Å². The Hall–Kier alpha value is -0.830. The van der Waals surface area contributed by atoms with Crippen LogP contribution in [0.5, 0.6) is 0 Å². The van der Waals surface area contributed by atoms with Crippen molar-refractivity contribution in [2.75, 3.05) is 0 Å². The maximum absolute atomic E-state index is 11.1. The van der Waals surface area contributed by atoms with Crippen LogP contribution in [0.15, 0.2) is 12.2 Å². The largest absolute Gasteiger partial charge is 0.364 e. The third-order valence-electron chi connectivity index (χ3n) is 1.52. The van der Waals surface area contributed by atoms with Crippen molar-refractivity contribution in [3.8, 4) is 0 Å². The summed E-state index contributed by atoms with van der Waals surface area (Å²) in [5.41, 5.74) is 0. The van der Waals surface area contributed by atoms with Crippen LogP contribution in [0.4, 0.5) is 0 Å². The summed E-state index contributed by atoms with van der Waals surface area (Å²) >= 11 is 0. The number of carbonyl (C=O) groups excluding carboxylic acids is 1. The number of nitrogens with zero attached hydrogens (tertiary/aromatic N) is 1. The lowest BCUT2D eigenvalue weighted by atomic mass is 10.3. The molecule has 0 aliphatic rings. The summed E-state index contributed by atoms with van der Waals surface area (Å²) in [5.74, 6) is -0.315. The van der Waals surface area contributed by atoms with Crippen LogP contribution in [-0.4, -0.2) is 23.1 Å². The Morgan fingerprint density at radius 3 is 2.00 bits per heavy atom. The summed E-state index contributed by atoms with van der Waals surface area (Å²) in [6, 6.07) is 0.406. The molecule has 76 valence electrons. The van der Waals surface area contributed by atoms with E-state index in [0.717, 1.165) is 0 Å². The van der Waals surface area contributed by atoms with Crippen LogP contribution in [0.25, 0.3) is 0 Å². The zero-order valence-electron chi connectivity index (χ0n) is 9.07. The first-order valence-electron chi connectivity index (χ1n) is 4.62. The average molecular weight is 185 g/mol. The van der Waals surface area contributed by atoms with Gasteiger partial charge in [-0.1, -0.05) is 6.08 Å². The van der Waals surface area contributed by atoms with Gasteiger partial charge in [-0.2, -0.15) is 0 Å². The van der Waals surface area contributed by atoms with Crippen LogP contribution in [0.3, 0.4) is 0 Å². The van der Waals surface area contributed by atoms with Crippen molar-refractivity contribution in [2.24, 2.45) is 0 Å². The fraction of sp³-hybridized carbons (Fsp3) is 0.700. The third-order valence-corrected chi connectivity index (χ3v) is 1.52. The summed E-state index contributed by atoms with van der Waals surface area (Å²) in [7, 11) is 0. The summed E-state index contributed by atoms with van der Waals surface area (Å²) in [6.45, 7) is 9.74. The summed E-state index contributed by atoms with van der Waals surface area (Å²) < 4.78 is 0. The molecule has 0 amide bonds. The van der Waals surface area contributed by atoms with Gasteiger partial charge in [0.1, 0.15) is 0 Å². The molecule has 0 aromatic heterocycles. The van der Waals surface area contributed by atoms with Gasteiger partial charge in [0.2, 0.25) is 0 Å². The molecule has 3 nitrogen and oxygen atoms in total. The zero-order valence-corrected chi connectivity index (χ0v) is 9.07. The van der Waals surface area contributed by atoms with Gasteiger partial charge in [-0.05, 0) is 34.6 Å². The van der Waals surface area contributed by atoms with Crippen LogP contribution < -0.4 is 0 Å². The highest BCUT2D eigenvalue weighted by molar-refractivity contribution is 5.81. The van der Waals surface area contributed by atoms with E-state index in [2.05, 4.69) is 0 Å². The standard InChI is InChI=1S/C10H19NO2/c1-6-7-10(12)13-11(8(2)3)9(4)5/h6-9H,1-5H3/b7-6+. The van der Waals surface area contributed by atoms with Crippen molar-refractivity contribution in [3.05, 3.63) is 12.2 Å². The molecule has 0 aromatic rings. The molecular formula is C10H19NO2. The molecule has 0 bridgehead atoms. The van der Waals surface area contributed by atoms with Crippen LogP contribution in [0.2, 0.25) is 0 Å². The Labute approximate surface area is 80.3 Å². The Bertz CT molecular complexity index is 177. The second-order valence-electron chi connectivity index (χ2n) is 3.46. The van der Waals surface area contributed by atoms with Gasteiger partial charge in [0.25, 0.3) is 0 Å². The van der Waals surface area contributed by atoms with E-state index < -0.39 is 0 Å². The maximum atomic E-state index is 11.1.